The fourth-order valence-electron chi connectivity index (χ4n) is 1.43. The molecule has 0 aliphatic rings. The monoisotopic (exact) mass is 218 g/mol. The molecule has 1 aromatic carbocycles. The minimum Gasteiger partial charge on any atom is -0.308 e. The van der Waals surface area contributed by atoms with Gasteiger partial charge >= 0.3 is 0 Å². The van der Waals surface area contributed by atoms with Gasteiger partial charge in [0.1, 0.15) is 5.82 Å². The number of nitrogens with zero attached hydrogens (tertiary/aromatic N) is 1. The molecule has 2 nitrogen and oxygen atoms in total. The molecule has 0 radical (unpaired) electrons. The third-order valence-corrected chi connectivity index (χ3v) is 2.48. The van der Waals surface area contributed by atoms with E-state index in [-0.39, 0.29) is 5.82 Å². The summed E-state index contributed by atoms with van der Waals surface area (Å²) in [5, 5.41) is 7.04. The maximum atomic E-state index is 13.7. The van der Waals surface area contributed by atoms with Gasteiger partial charge in [-0.25, -0.2) is 4.39 Å². The second kappa shape index (κ2) is 5.35. The van der Waals surface area contributed by atoms with Gasteiger partial charge in [-0.15, -0.1) is 0 Å². The molecule has 1 aromatic rings. The number of rotatable bonds is 3. The van der Waals surface area contributed by atoms with E-state index in [0.29, 0.717) is 11.1 Å². The molecule has 0 amide bonds. The molecule has 1 rings (SSSR count). The molecule has 16 heavy (non-hydrogen) atoms. The van der Waals surface area contributed by atoms with Crippen LogP contribution in [-0.4, -0.2) is 19.5 Å². The lowest BCUT2D eigenvalue weighted by molar-refractivity contribution is 0.623. The van der Waals surface area contributed by atoms with Gasteiger partial charge in [-0.2, -0.15) is 0 Å². The lowest BCUT2D eigenvalue weighted by Crippen LogP contribution is -1.93. The van der Waals surface area contributed by atoms with Crippen molar-refractivity contribution in [3.63, 3.8) is 0 Å². The van der Waals surface area contributed by atoms with Crippen molar-refractivity contribution >= 4 is 18.0 Å². The first-order valence-corrected chi connectivity index (χ1v) is 5.00. The molecule has 1 N–H and O–H groups in total. The summed E-state index contributed by atoms with van der Waals surface area (Å²) in [6.45, 7) is 3.76. The topological polar surface area (TPSA) is 36.2 Å². The van der Waals surface area contributed by atoms with E-state index in [1.807, 2.05) is 13.8 Å². The molecule has 0 aliphatic carbocycles. The average molecular weight is 218 g/mol. The predicted octanol–water partition coefficient (Wildman–Crippen LogP) is 3.32. The summed E-state index contributed by atoms with van der Waals surface area (Å²) in [5.74, 6) is -0.303. The Labute approximate surface area is 95.0 Å². The maximum absolute atomic E-state index is 13.7. The van der Waals surface area contributed by atoms with Crippen molar-refractivity contribution in [1.82, 2.24) is 0 Å². The van der Waals surface area contributed by atoms with Gasteiger partial charge in [-0.1, -0.05) is 12.1 Å². The highest BCUT2D eigenvalue weighted by atomic mass is 19.1. The van der Waals surface area contributed by atoms with Crippen LogP contribution >= 0.6 is 0 Å². The Balaban J connectivity index is 3.24. The molecular weight excluding hydrogens is 203 g/mol. The minimum atomic E-state index is -0.303. The highest BCUT2D eigenvalue weighted by Gasteiger charge is 2.06. The van der Waals surface area contributed by atoms with Crippen LogP contribution in [0, 0.1) is 11.2 Å². The number of nitrogens with one attached hydrogen (secondary N) is 1. The number of allylic oxidation sites excluding steroid dienone is 2. The Kier molecular flexibility index (Phi) is 4.11. The number of aliphatic imine (C=N–C) groups is 1. The number of benzene rings is 1. The van der Waals surface area contributed by atoms with E-state index in [2.05, 4.69) is 4.99 Å². The largest absolute Gasteiger partial charge is 0.308 e. The summed E-state index contributed by atoms with van der Waals surface area (Å²) in [5.41, 5.74) is 2.92. The molecule has 0 spiro atoms. The van der Waals surface area contributed by atoms with Gasteiger partial charge in [0.05, 0.1) is 0 Å². The third-order valence-electron chi connectivity index (χ3n) is 2.48. The summed E-state index contributed by atoms with van der Waals surface area (Å²) in [7, 11) is 1.69. The third kappa shape index (κ3) is 2.63. The second-order valence-corrected chi connectivity index (χ2v) is 3.58. The van der Waals surface area contributed by atoms with E-state index in [1.165, 1.54) is 6.07 Å². The van der Waals surface area contributed by atoms with Crippen LogP contribution in [0.4, 0.5) is 4.39 Å². The Bertz CT molecular complexity index is 459. The van der Waals surface area contributed by atoms with E-state index in [9.17, 15) is 4.39 Å². The SMILES string of the molecule is C/N=C\C(C)=C(/C)c1ccc(C=N)cc1F. The van der Waals surface area contributed by atoms with E-state index < -0.39 is 0 Å². The summed E-state index contributed by atoms with van der Waals surface area (Å²) >= 11 is 0. The summed E-state index contributed by atoms with van der Waals surface area (Å²) < 4.78 is 13.7. The predicted molar refractivity (Wildman–Crippen MR) is 67.0 cm³/mol. The summed E-state index contributed by atoms with van der Waals surface area (Å²) in [6, 6.07) is 4.78. The molecule has 0 aliphatic heterocycles. The van der Waals surface area contributed by atoms with Crippen molar-refractivity contribution < 1.29 is 4.39 Å². The van der Waals surface area contributed by atoms with E-state index in [4.69, 9.17) is 5.41 Å². The van der Waals surface area contributed by atoms with Crippen LogP contribution in [-0.2, 0) is 0 Å². The average Bonchev–Trinajstić information content (AvgIpc) is 2.28. The molecule has 0 bridgehead atoms. The molecule has 3 heteroatoms. The number of hydrogen-bond donors (Lipinski definition) is 1. The molecule has 0 aromatic heterocycles. The smallest absolute Gasteiger partial charge is 0.131 e. The van der Waals surface area contributed by atoms with Gasteiger partial charge in [0.2, 0.25) is 0 Å². The van der Waals surface area contributed by atoms with Crippen molar-refractivity contribution in [2.75, 3.05) is 7.05 Å². The van der Waals surface area contributed by atoms with Gasteiger partial charge in [-0.3, -0.25) is 4.99 Å². The Morgan fingerprint density at radius 1 is 1.38 bits per heavy atom. The van der Waals surface area contributed by atoms with Crippen molar-refractivity contribution in [3.8, 4) is 0 Å². The lowest BCUT2D eigenvalue weighted by atomic mass is 10.0. The standard InChI is InChI=1S/C13H15FN2/c1-9(8-16-3)10(2)12-5-4-11(7-15)6-13(12)14/h4-8,15H,1-3H3/b10-9+,15-7?,16-8-. The number of halogens is 1. The highest BCUT2D eigenvalue weighted by molar-refractivity contribution is 5.90. The molecule has 0 saturated carbocycles. The van der Waals surface area contributed by atoms with Gasteiger partial charge in [0, 0.05) is 25.0 Å². The fourth-order valence-corrected chi connectivity index (χ4v) is 1.43. The maximum Gasteiger partial charge on any atom is 0.131 e. The van der Waals surface area contributed by atoms with Crippen LogP contribution in [0.15, 0.2) is 28.8 Å². The molecule has 0 saturated heterocycles. The van der Waals surface area contributed by atoms with Crippen molar-refractivity contribution in [1.29, 1.82) is 5.41 Å². The molecule has 0 unspecified atom stereocenters. The van der Waals surface area contributed by atoms with Crippen molar-refractivity contribution in [2.45, 2.75) is 13.8 Å². The van der Waals surface area contributed by atoms with Crippen LogP contribution in [0.2, 0.25) is 0 Å². The first-order valence-electron chi connectivity index (χ1n) is 5.00. The lowest BCUT2D eigenvalue weighted by Gasteiger charge is -2.06. The van der Waals surface area contributed by atoms with E-state index in [0.717, 1.165) is 17.4 Å². The van der Waals surface area contributed by atoms with Gasteiger partial charge in [0.15, 0.2) is 0 Å². The van der Waals surface area contributed by atoms with Gasteiger partial charge in [-0.05, 0) is 36.6 Å². The van der Waals surface area contributed by atoms with Crippen LogP contribution in [0.5, 0.6) is 0 Å². The van der Waals surface area contributed by atoms with Crippen molar-refractivity contribution in [2.24, 2.45) is 4.99 Å². The second-order valence-electron chi connectivity index (χ2n) is 3.58. The Hall–Kier alpha value is -1.77. The van der Waals surface area contributed by atoms with Crippen LogP contribution in [0.3, 0.4) is 0 Å². The zero-order valence-corrected chi connectivity index (χ0v) is 9.71. The molecule has 84 valence electrons. The molecule has 0 fully saturated rings. The zero-order chi connectivity index (χ0) is 12.1. The Morgan fingerprint density at radius 2 is 2.06 bits per heavy atom. The fraction of sp³-hybridized carbons (Fsp3) is 0.231. The van der Waals surface area contributed by atoms with E-state index >= 15 is 0 Å². The van der Waals surface area contributed by atoms with Gasteiger partial charge < -0.3 is 5.41 Å². The zero-order valence-electron chi connectivity index (χ0n) is 9.71. The quantitative estimate of drug-likeness (QED) is 0.756. The molecular formula is C13H15FN2. The van der Waals surface area contributed by atoms with Crippen LogP contribution in [0.1, 0.15) is 25.0 Å². The van der Waals surface area contributed by atoms with Crippen LogP contribution in [0.25, 0.3) is 5.57 Å². The van der Waals surface area contributed by atoms with Crippen LogP contribution < -0.4 is 0 Å². The minimum absolute atomic E-state index is 0.303. The van der Waals surface area contributed by atoms with Crippen molar-refractivity contribution in [3.05, 3.63) is 40.7 Å². The Morgan fingerprint density at radius 3 is 2.56 bits per heavy atom. The molecule has 0 heterocycles. The first kappa shape index (κ1) is 12.3. The van der Waals surface area contributed by atoms with E-state index in [1.54, 1.807) is 25.4 Å². The summed E-state index contributed by atoms with van der Waals surface area (Å²) in [6.07, 6.45) is 2.84. The molecule has 0 atom stereocenters. The summed E-state index contributed by atoms with van der Waals surface area (Å²) in [4.78, 5) is 3.90. The van der Waals surface area contributed by atoms with Gasteiger partial charge in [0.25, 0.3) is 0 Å². The highest BCUT2D eigenvalue weighted by Crippen LogP contribution is 2.21. The first-order chi connectivity index (χ1) is 7.60. The normalized spacial score (nSPS) is 12.8. The number of hydrogen-bond acceptors (Lipinski definition) is 2.